The molecular formula is C17H19N3OS2. The third-order valence-corrected chi connectivity index (χ3v) is 5.41. The number of likely N-dealkylation sites (N-methyl/N-ethyl adjacent to an activating group) is 1. The van der Waals surface area contributed by atoms with E-state index in [1.165, 1.54) is 16.9 Å². The van der Waals surface area contributed by atoms with E-state index >= 15 is 0 Å². The van der Waals surface area contributed by atoms with Gasteiger partial charge in [-0.2, -0.15) is 0 Å². The van der Waals surface area contributed by atoms with E-state index in [0.29, 0.717) is 6.54 Å². The first-order chi connectivity index (χ1) is 11.0. The van der Waals surface area contributed by atoms with Gasteiger partial charge >= 0.3 is 0 Å². The fourth-order valence-electron chi connectivity index (χ4n) is 2.25. The number of carbonyl (C=O) groups is 1. The highest BCUT2D eigenvalue weighted by Crippen LogP contribution is 2.30. The molecule has 0 aliphatic carbocycles. The third kappa shape index (κ3) is 3.60. The minimum absolute atomic E-state index is 0.0256. The van der Waals surface area contributed by atoms with E-state index in [-0.39, 0.29) is 5.91 Å². The summed E-state index contributed by atoms with van der Waals surface area (Å²) in [4.78, 5) is 22.1. The van der Waals surface area contributed by atoms with Gasteiger partial charge in [-0.15, -0.1) is 11.3 Å². The van der Waals surface area contributed by atoms with Gasteiger partial charge in [0, 0.05) is 13.1 Å². The topological polar surface area (TPSA) is 36.4 Å². The van der Waals surface area contributed by atoms with Crippen molar-refractivity contribution in [3.63, 3.8) is 0 Å². The minimum Gasteiger partial charge on any atom is -0.308 e. The molecule has 1 amide bonds. The van der Waals surface area contributed by atoms with Crippen LogP contribution in [0.25, 0.3) is 10.2 Å². The number of hydrogen-bond acceptors (Lipinski definition) is 5. The number of aromatic nitrogens is 1. The lowest BCUT2D eigenvalue weighted by Gasteiger charge is -2.21. The zero-order valence-electron chi connectivity index (χ0n) is 13.4. The standard InChI is InChI=1S/C17H19N3OS2/c1-12-6-7-13-15(11-12)23-17(18-13)20(9-8-19(2)3)16(21)14-5-4-10-22-14/h4-7,10-11H,8-9H2,1-3H3. The average molecular weight is 345 g/mol. The number of benzene rings is 1. The molecule has 0 radical (unpaired) electrons. The molecule has 1 aromatic carbocycles. The number of fused-ring (bicyclic) bond motifs is 1. The number of carbonyl (C=O) groups excluding carboxylic acids is 1. The molecule has 6 heteroatoms. The van der Waals surface area contributed by atoms with Gasteiger partial charge in [-0.1, -0.05) is 23.5 Å². The van der Waals surface area contributed by atoms with Gasteiger partial charge in [0.1, 0.15) is 0 Å². The van der Waals surface area contributed by atoms with Crippen LogP contribution in [0, 0.1) is 6.92 Å². The van der Waals surface area contributed by atoms with Crippen molar-refractivity contribution < 1.29 is 4.79 Å². The zero-order chi connectivity index (χ0) is 16.4. The molecule has 120 valence electrons. The molecule has 0 spiro atoms. The Kier molecular flexibility index (Phi) is 4.75. The molecule has 23 heavy (non-hydrogen) atoms. The van der Waals surface area contributed by atoms with Crippen LogP contribution in [0.3, 0.4) is 0 Å². The van der Waals surface area contributed by atoms with Crippen molar-refractivity contribution in [3.05, 3.63) is 46.2 Å². The lowest BCUT2D eigenvalue weighted by atomic mass is 10.2. The monoisotopic (exact) mass is 345 g/mol. The van der Waals surface area contributed by atoms with Crippen molar-refractivity contribution >= 4 is 43.9 Å². The summed E-state index contributed by atoms with van der Waals surface area (Å²) in [6.07, 6.45) is 0. The van der Waals surface area contributed by atoms with Crippen LogP contribution in [-0.2, 0) is 0 Å². The van der Waals surface area contributed by atoms with Gasteiger partial charge in [0.25, 0.3) is 5.91 Å². The summed E-state index contributed by atoms with van der Waals surface area (Å²) in [7, 11) is 4.02. The van der Waals surface area contributed by atoms with Crippen LogP contribution in [0.4, 0.5) is 5.13 Å². The number of nitrogens with zero attached hydrogens (tertiary/aromatic N) is 3. The summed E-state index contributed by atoms with van der Waals surface area (Å²) in [5.74, 6) is 0.0256. The molecule has 4 nitrogen and oxygen atoms in total. The van der Waals surface area contributed by atoms with Crippen molar-refractivity contribution in [2.24, 2.45) is 0 Å². The molecular weight excluding hydrogens is 326 g/mol. The molecule has 0 fully saturated rings. The Balaban J connectivity index is 1.96. The maximum Gasteiger partial charge on any atom is 0.270 e. The molecule has 0 bridgehead atoms. The highest BCUT2D eigenvalue weighted by Gasteiger charge is 2.22. The van der Waals surface area contributed by atoms with Crippen LogP contribution in [-0.4, -0.2) is 43.0 Å². The summed E-state index contributed by atoms with van der Waals surface area (Å²) in [6.45, 7) is 3.49. The maximum absolute atomic E-state index is 12.8. The molecule has 0 aliphatic heterocycles. The highest BCUT2D eigenvalue weighted by atomic mass is 32.1. The van der Waals surface area contributed by atoms with E-state index in [4.69, 9.17) is 0 Å². The minimum atomic E-state index is 0.0256. The van der Waals surface area contributed by atoms with Gasteiger partial charge in [-0.3, -0.25) is 9.69 Å². The number of amides is 1. The predicted octanol–water partition coefficient (Wildman–Crippen LogP) is 3.87. The van der Waals surface area contributed by atoms with Crippen molar-refractivity contribution in [2.75, 3.05) is 32.1 Å². The van der Waals surface area contributed by atoms with E-state index in [2.05, 4.69) is 28.9 Å². The SMILES string of the molecule is Cc1ccc2nc(N(CCN(C)C)C(=O)c3cccs3)sc2c1. The predicted molar refractivity (Wildman–Crippen MR) is 98.9 cm³/mol. The second kappa shape index (κ2) is 6.78. The summed E-state index contributed by atoms with van der Waals surface area (Å²) >= 11 is 3.05. The Morgan fingerprint density at radius 1 is 1.22 bits per heavy atom. The van der Waals surface area contributed by atoms with Gasteiger partial charge in [0.15, 0.2) is 5.13 Å². The number of aryl methyl sites for hydroxylation is 1. The fraction of sp³-hybridized carbons (Fsp3) is 0.294. The van der Waals surface area contributed by atoms with Gasteiger partial charge in [-0.05, 0) is 50.2 Å². The number of anilines is 1. The van der Waals surface area contributed by atoms with Gasteiger partial charge in [0.05, 0.1) is 15.1 Å². The van der Waals surface area contributed by atoms with E-state index in [9.17, 15) is 4.79 Å². The Morgan fingerprint density at radius 3 is 2.74 bits per heavy atom. The highest BCUT2D eigenvalue weighted by molar-refractivity contribution is 7.22. The Morgan fingerprint density at radius 2 is 2.04 bits per heavy atom. The molecule has 0 atom stereocenters. The molecule has 0 aliphatic rings. The lowest BCUT2D eigenvalue weighted by molar-refractivity contribution is 0.0989. The van der Waals surface area contributed by atoms with E-state index < -0.39 is 0 Å². The molecule has 3 aromatic rings. The van der Waals surface area contributed by atoms with E-state index in [1.807, 2.05) is 37.7 Å². The van der Waals surface area contributed by atoms with Gasteiger partial charge in [-0.25, -0.2) is 4.98 Å². The zero-order valence-corrected chi connectivity index (χ0v) is 15.1. The molecule has 0 N–H and O–H groups in total. The Labute approximate surface area is 144 Å². The molecule has 0 saturated heterocycles. The third-order valence-electron chi connectivity index (χ3n) is 3.51. The lowest BCUT2D eigenvalue weighted by Crippen LogP contribution is -2.36. The Bertz CT molecular complexity index is 808. The molecule has 0 saturated carbocycles. The van der Waals surface area contributed by atoms with Crippen LogP contribution in [0.1, 0.15) is 15.2 Å². The summed E-state index contributed by atoms with van der Waals surface area (Å²) in [5, 5.41) is 2.70. The second-order valence-electron chi connectivity index (χ2n) is 5.70. The van der Waals surface area contributed by atoms with E-state index in [0.717, 1.165) is 26.8 Å². The maximum atomic E-state index is 12.8. The van der Waals surface area contributed by atoms with Gasteiger partial charge in [0.2, 0.25) is 0 Å². The first-order valence-corrected chi connectivity index (χ1v) is 9.11. The molecule has 3 rings (SSSR count). The van der Waals surface area contributed by atoms with Crippen LogP contribution < -0.4 is 4.90 Å². The first kappa shape index (κ1) is 16.1. The number of thiazole rings is 1. The first-order valence-electron chi connectivity index (χ1n) is 7.42. The second-order valence-corrected chi connectivity index (χ2v) is 7.66. The normalized spacial score (nSPS) is 11.3. The fourth-order valence-corrected chi connectivity index (χ4v) is 4.01. The Hall–Kier alpha value is -1.76. The smallest absolute Gasteiger partial charge is 0.270 e. The van der Waals surface area contributed by atoms with Crippen LogP contribution in [0.2, 0.25) is 0 Å². The van der Waals surface area contributed by atoms with E-state index in [1.54, 1.807) is 16.2 Å². The summed E-state index contributed by atoms with van der Waals surface area (Å²) in [5.41, 5.74) is 2.15. The number of rotatable bonds is 5. The van der Waals surface area contributed by atoms with Crippen molar-refractivity contribution in [2.45, 2.75) is 6.92 Å². The number of hydrogen-bond donors (Lipinski definition) is 0. The molecule has 2 aromatic heterocycles. The van der Waals surface area contributed by atoms with Crippen molar-refractivity contribution in [1.82, 2.24) is 9.88 Å². The quantitative estimate of drug-likeness (QED) is 0.704. The molecule has 2 heterocycles. The molecule has 0 unspecified atom stereocenters. The van der Waals surface area contributed by atoms with Crippen LogP contribution in [0.15, 0.2) is 35.7 Å². The van der Waals surface area contributed by atoms with Crippen molar-refractivity contribution in [1.29, 1.82) is 0 Å². The van der Waals surface area contributed by atoms with Crippen LogP contribution >= 0.6 is 22.7 Å². The van der Waals surface area contributed by atoms with Gasteiger partial charge < -0.3 is 4.90 Å². The summed E-state index contributed by atoms with van der Waals surface area (Å²) < 4.78 is 1.12. The number of thiophene rings is 1. The summed E-state index contributed by atoms with van der Waals surface area (Å²) in [6, 6.07) is 9.97. The largest absolute Gasteiger partial charge is 0.308 e. The van der Waals surface area contributed by atoms with Crippen molar-refractivity contribution in [3.8, 4) is 0 Å². The average Bonchev–Trinajstić information content (AvgIpc) is 3.15. The van der Waals surface area contributed by atoms with Crippen LogP contribution in [0.5, 0.6) is 0 Å².